The van der Waals surface area contributed by atoms with Crippen LogP contribution in [0.2, 0.25) is 0 Å². The fourth-order valence-electron chi connectivity index (χ4n) is 2.73. The Hall–Kier alpha value is -2.88. The van der Waals surface area contributed by atoms with Crippen LogP contribution < -0.4 is 19.5 Å². The minimum absolute atomic E-state index is 0.184. The molecular formula is C16H19N5O4S. The number of benzene rings is 1. The Kier molecular flexibility index (Phi) is 4.23. The van der Waals surface area contributed by atoms with E-state index < -0.39 is 16.1 Å². The number of carbonyl (C=O) groups is 1. The number of fused-ring (bicyclic) bond motifs is 1. The number of hydrogen-bond donors (Lipinski definition) is 1. The highest BCUT2D eigenvalue weighted by molar-refractivity contribution is 7.94. The van der Waals surface area contributed by atoms with Crippen molar-refractivity contribution in [3.63, 3.8) is 0 Å². The average molecular weight is 377 g/mol. The van der Waals surface area contributed by atoms with E-state index in [-0.39, 0.29) is 12.1 Å². The van der Waals surface area contributed by atoms with Crippen LogP contribution in [0.15, 0.2) is 29.3 Å². The van der Waals surface area contributed by atoms with Crippen LogP contribution in [-0.4, -0.2) is 38.0 Å². The molecule has 0 aliphatic carbocycles. The van der Waals surface area contributed by atoms with Crippen molar-refractivity contribution in [2.24, 2.45) is 0 Å². The Morgan fingerprint density at radius 3 is 2.35 bits per heavy atom. The topological polar surface area (TPSA) is 105 Å². The predicted octanol–water partition coefficient (Wildman–Crippen LogP) is 0.630. The second-order valence-corrected chi connectivity index (χ2v) is 8.13. The maximum Gasteiger partial charge on any atom is 0.326 e. The molecule has 1 aliphatic heterocycles. The maximum atomic E-state index is 12.3. The molecule has 0 atom stereocenters. The molecule has 138 valence electrons. The van der Waals surface area contributed by atoms with E-state index in [4.69, 9.17) is 0 Å². The monoisotopic (exact) mass is 377 g/mol. The number of aromatic nitrogens is 2. The predicted molar refractivity (Wildman–Crippen MR) is 98.8 cm³/mol. The zero-order valence-corrected chi connectivity index (χ0v) is 15.7. The summed E-state index contributed by atoms with van der Waals surface area (Å²) in [6.45, 7) is 3.28. The highest BCUT2D eigenvalue weighted by Gasteiger charge is 2.36. The third kappa shape index (κ3) is 2.92. The van der Waals surface area contributed by atoms with Crippen LogP contribution in [0, 0.1) is 13.8 Å². The highest BCUT2D eigenvalue weighted by Crippen LogP contribution is 2.41. The van der Waals surface area contributed by atoms with Crippen molar-refractivity contribution in [1.82, 2.24) is 9.55 Å². The number of aryl methyl sites for hydroxylation is 2. The summed E-state index contributed by atoms with van der Waals surface area (Å²) < 4.78 is 28.0. The summed E-state index contributed by atoms with van der Waals surface area (Å²) in [5, 5.41) is 2.73. The molecule has 0 saturated carbocycles. The minimum atomic E-state index is -3.58. The van der Waals surface area contributed by atoms with Crippen molar-refractivity contribution in [3.8, 4) is 0 Å². The van der Waals surface area contributed by atoms with Crippen LogP contribution in [0.1, 0.15) is 11.3 Å². The van der Waals surface area contributed by atoms with Gasteiger partial charge in [0.05, 0.1) is 17.7 Å². The molecule has 1 amide bonds. The van der Waals surface area contributed by atoms with E-state index in [2.05, 4.69) is 10.3 Å². The van der Waals surface area contributed by atoms with Gasteiger partial charge in [-0.15, -0.1) is 0 Å². The van der Waals surface area contributed by atoms with Crippen LogP contribution in [0.4, 0.5) is 17.1 Å². The summed E-state index contributed by atoms with van der Waals surface area (Å²) in [7, 11) is -0.650. The standard InChI is InChI=1S/C16H19N5O4S/c1-10-5-13-14(20(4)26(24,25)19(13)3)7-12(10)18-15(22)8-21-9-17-11(2)6-16(21)23/h5-7,9H,8H2,1-4H3,(H,18,22). The number of anilines is 3. The summed E-state index contributed by atoms with van der Waals surface area (Å²) in [6.07, 6.45) is 1.32. The van der Waals surface area contributed by atoms with E-state index in [1.807, 2.05) is 0 Å². The zero-order chi connectivity index (χ0) is 19.2. The maximum absolute atomic E-state index is 12.3. The molecule has 10 heteroatoms. The molecule has 0 spiro atoms. The molecule has 1 aromatic heterocycles. The average Bonchev–Trinajstić information content (AvgIpc) is 2.72. The number of hydrogen-bond acceptors (Lipinski definition) is 5. The fourth-order valence-corrected chi connectivity index (χ4v) is 3.89. The molecular weight excluding hydrogens is 358 g/mol. The first-order valence-corrected chi connectivity index (χ1v) is 9.21. The van der Waals surface area contributed by atoms with Crippen LogP contribution in [0.25, 0.3) is 0 Å². The van der Waals surface area contributed by atoms with Crippen LogP contribution in [0.5, 0.6) is 0 Å². The van der Waals surface area contributed by atoms with Gasteiger partial charge in [-0.2, -0.15) is 8.42 Å². The molecule has 1 N–H and O–H groups in total. The molecule has 1 aromatic carbocycles. The SMILES string of the molecule is Cc1cc(=O)n(CC(=O)Nc2cc3c(cc2C)N(C)S(=O)(=O)N3C)cn1. The number of nitrogens with zero attached hydrogens (tertiary/aromatic N) is 4. The van der Waals surface area contributed by atoms with E-state index in [1.165, 1.54) is 35.4 Å². The van der Waals surface area contributed by atoms with Crippen molar-refractivity contribution >= 4 is 33.2 Å². The van der Waals surface area contributed by atoms with E-state index in [1.54, 1.807) is 26.0 Å². The molecule has 0 fully saturated rings. The first-order valence-electron chi connectivity index (χ1n) is 7.81. The number of nitrogens with one attached hydrogen (secondary N) is 1. The molecule has 0 radical (unpaired) electrons. The number of rotatable bonds is 3. The molecule has 0 unspecified atom stereocenters. The van der Waals surface area contributed by atoms with Crippen molar-refractivity contribution in [2.75, 3.05) is 28.0 Å². The second kappa shape index (κ2) is 6.13. The van der Waals surface area contributed by atoms with Gasteiger partial charge < -0.3 is 5.32 Å². The van der Waals surface area contributed by atoms with Gasteiger partial charge >= 0.3 is 10.2 Å². The largest absolute Gasteiger partial charge is 0.326 e. The lowest BCUT2D eigenvalue weighted by Gasteiger charge is -2.13. The van der Waals surface area contributed by atoms with Gasteiger partial charge in [-0.05, 0) is 31.5 Å². The first kappa shape index (κ1) is 17.9. The van der Waals surface area contributed by atoms with E-state index in [0.29, 0.717) is 28.3 Å². The molecule has 1 aliphatic rings. The van der Waals surface area contributed by atoms with Gasteiger partial charge in [0, 0.05) is 31.5 Å². The molecule has 0 bridgehead atoms. The lowest BCUT2D eigenvalue weighted by atomic mass is 10.1. The summed E-state index contributed by atoms with van der Waals surface area (Å²) >= 11 is 0. The Bertz CT molecular complexity index is 1060. The minimum Gasteiger partial charge on any atom is -0.324 e. The van der Waals surface area contributed by atoms with Gasteiger partial charge in [0.15, 0.2) is 0 Å². The van der Waals surface area contributed by atoms with Gasteiger partial charge in [0.1, 0.15) is 6.54 Å². The molecule has 2 aromatic rings. The highest BCUT2D eigenvalue weighted by atomic mass is 32.2. The van der Waals surface area contributed by atoms with Crippen molar-refractivity contribution in [3.05, 3.63) is 46.1 Å². The van der Waals surface area contributed by atoms with Gasteiger partial charge in [-0.25, -0.2) is 4.98 Å². The van der Waals surface area contributed by atoms with Crippen molar-refractivity contribution in [1.29, 1.82) is 0 Å². The lowest BCUT2D eigenvalue weighted by molar-refractivity contribution is -0.116. The van der Waals surface area contributed by atoms with E-state index in [9.17, 15) is 18.0 Å². The molecule has 3 rings (SSSR count). The quantitative estimate of drug-likeness (QED) is 0.845. The molecule has 0 saturated heterocycles. The lowest BCUT2D eigenvalue weighted by Crippen LogP contribution is -2.32. The van der Waals surface area contributed by atoms with Gasteiger partial charge in [0.2, 0.25) is 5.91 Å². The van der Waals surface area contributed by atoms with Crippen LogP contribution in [-0.2, 0) is 21.5 Å². The molecule has 9 nitrogen and oxygen atoms in total. The van der Waals surface area contributed by atoms with Crippen molar-refractivity contribution < 1.29 is 13.2 Å². The number of carbonyl (C=O) groups excluding carboxylic acids is 1. The number of amides is 1. The summed E-state index contributed by atoms with van der Waals surface area (Å²) in [4.78, 5) is 28.2. The van der Waals surface area contributed by atoms with Crippen molar-refractivity contribution in [2.45, 2.75) is 20.4 Å². The van der Waals surface area contributed by atoms with Gasteiger partial charge in [-0.3, -0.25) is 22.8 Å². The third-order valence-corrected chi connectivity index (χ3v) is 6.07. The van der Waals surface area contributed by atoms with Crippen LogP contribution in [0.3, 0.4) is 0 Å². The van der Waals surface area contributed by atoms with E-state index >= 15 is 0 Å². The van der Waals surface area contributed by atoms with Crippen LogP contribution >= 0.6 is 0 Å². The molecule has 2 heterocycles. The second-order valence-electron chi connectivity index (χ2n) is 6.14. The Morgan fingerprint density at radius 2 is 1.73 bits per heavy atom. The normalized spacial score (nSPS) is 15.1. The fraction of sp³-hybridized carbons (Fsp3) is 0.312. The third-order valence-electron chi connectivity index (χ3n) is 4.30. The smallest absolute Gasteiger partial charge is 0.324 e. The summed E-state index contributed by atoms with van der Waals surface area (Å²) in [5.41, 5.74) is 2.48. The Balaban J connectivity index is 1.86. The van der Waals surface area contributed by atoms with Gasteiger partial charge in [-0.1, -0.05) is 0 Å². The Labute approximate surface area is 151 Å². The van der Waals surface area contributed by atoms with E-state index in [0.717, 1.165) is 4.31 Å². The van der Waals surface area contributed by atoms with Gasteiger partial charge in [0.25, 0.3) is 5.56 Å². The Morgan fingerprint density at radius 1 is 1.12 bits per heavy atom. The summed E-state index contributed by atoms with van der Waals surface area (Å²) in [5.74, 6) is -0.405. The summed E-state index contributed by atoms with van der Waals surface area (Å²) in [6, 6.07) is 4.66. The molecule has 26 heavy (non-hydrogen) atoms. The zero-order valence-electron chi connectivity index (χ0n) is 14.8. The first-order chi connectivity index (χ1) is 12.1.